The Kier molecular flexibility index (Phi) is 5.05. The van der Waals surface area contributed by atoms with E-state index in [-0.39, 0.29) is 11.8 Å². The van der Waals surface area contributed by atoms with Gasteiger partial charge in [0.25, 0.3) is 0 Å². The molecule has 0 aliphatic carbocycles. The number of phenols is 1. The third-order valence-corrected chi connectivity index (χ3v) is 3.77. The fraction of sp³-hybridized carbons (Fsp3) is 0.294. The minimum absolute atomic E-state index is 0.229. The van der Waals surface area contributed by atoms with Gasteiger partial charge in [-0.2, -0.15) is 0 Å². The van der Waals surface area contributed by atoms with Crippen LogP contribution in [0.2, 0.25) is 5.02 Å². The first-order valence-electron chi connectivity index (χ1n) is 6.84. The molecule has 0 spiro atoms. The predicted molar refractivity (Wildman–Crippen MR) is 84.0 cm³/mol. The van der Waals surface area contributed by atoms with Gasteiger partial charge in [-0.25, -0.2) is 0 Å². The lowest BCUT2D eigenvalue weighted by Gasteiger charge is -2.23. The molecule has 1 atom stereocenters. The van der Waals surface area contributed by atoms with Crippen LogP contribution in [0.1, 0.15) is 31.0 Å². The van der Waals surface area contributed by atoms with E-state index in [0.717, 1.165) is 5.56 Å². The third kappa shape index (κ3) is 3.53. The standard InChI is InChI=1S/C17H20ClNO/c1-12(2)17(13-7-4-3-5-8-13)19-11-14-15(18)9-6-10-16(14)20/h3-10,12,17,19-20H,11H2,1-2H3. The van der Waals surface area contributed by atoms with Gasteiger partial charge < -0.3 is 10.4 Å². The number of halogens is 1. The number of aromatic hydroxyl groups is 1. The summed E-state index contributed by atoms with van der Waals surface area (Å²) in [4.78, 5) is 0. The van der Waals surface area contributed by atoms with Crippen LogP contribution in [-0.2, 0) is 6.54 Å². The number of nitrogens with one attached hydrogen (secondary N) is 1. The molecule has 2 N–H and O–H groups in total. The lowest BCUT2D eigenvalue weighted by Crippen LogP contribution is -2.25. The van der Waals surface area contributed by atoms with Crippen molar-refractivity contribution in [1.29, 1.82) is 0 Å². The number of hydrogen-bond acceptors (Lipinski definition) is 2. The molecule has 2 nitrogen and oxygen atoms in total. The molecule has 0 saturated heterocycles. The summed E-state index contributed by atoms with van der Waals surface area (Å²) in [5.74, 6) is 0.683. The van der Waals surface area contributed by atoms with Crippen molar-refractivity contribution >= 4 is 11.6 Å². The van der Waals surface area contributed by atoms with Crippen molar-refractivity contribution in [2.45, 2.75) is 26.4 Å². The monoisotopic (exact) mass is 289 g/mol. The van der Waals surface area contributed by atoms with E-state index in [1.807, 2.05) is 18.2 Å². The molecule has 0 bridgehead atoms. The van der Waals surface area contributed by atoms with Gasteiger partial charge in [0.1, 0.15) is 5.75 Å². The van der Waals surface area contributed by atoms with Gasteiger partial charge in [-0.05, 0) is 23.6 Å². The Morgan fingerprint density at radius 3 is 2.35 bits per heavy atom. The van der Waals surface area contributed by atoms with Crippen molar-refractivity contribution in [2.75, 3.05) is 0 Å². The molecule has 0 heterocycles. The van der Waals surface area contributed by atoms with Gasteiger partial charge in [0.05, 0.1) is 0 Å². The Hall–Kier alpha value is -1.51. The zero-order valence-corrected chi connectivity index (χ0v) is 12.6. The van der Waals surface area contributed by atoms with E-state index < -0.39 is 0 Å². The van der Waals surface area contributed by atoms with Crippen LogP contribution < -0.4 is 5.32 Å². The van der Waals surface area contributed by atoms with Crippen LogP contribution in [0.25, 0.3) is 0 Å². The van der Waals surface area contributed by atoms with Crippen LogP contribution >= 0.6 is 11.6 Å². The molecule has 0 aliphatic rings. The van der Waals surface area contributed by atoms with Crippen LogP contribution in [0, 0.1) is 5.92 Å². The SMILES string of the molecule is CC(C)C(NCc1c(O)cccc1Cl)c1ccccc1. The third-order valence-electron chi connectivity index (χ3n) is 3.42. The molecule has 0 saturated carbocycles. The molecule has 0 fully saturated rings. The van der Waals surface area contributed by atoms with Gasteiger partial charge in [-0.15, -0.1) is 0 Å². The smallest absolute Gasteiger partial charge is 0.121 e. The van der Waals surface area contributed by atoms with E-state index in [1.165, 1.54) is 5.56 Å². The van der Waals surface area contributed by atoms with E-state index in [9.17, 15) is 5.11 Å². The lowest BCUT2D eigenvalue weighted by molar-refractivity contribution is 0.402. The maximum atomic E-state index is 9.89. The Morgan fingerprint density at radius 1 is 1.05 bits per heavy atom. The fourth-order valence-corrected chi connectivity index (χ4v) is 2.57. The average molecular weight is 290 g/mol. The van der Waals surface area contributed by atoms with Crippen molar-refractivity contribution in [2.24, 2.45) is 5.92 Å². The molecule has 0 aliphatic heterocycles. The first-order valence-corrected chi connectivity index (χ1v) is 7.22. The first kappa shape index (κ1) is 14.9. The van der Waals surface area contributed by atoms with Crippen molar-refractivity contribution in [3.63, 3.8) is 0 Å². The van der Waals surface area contributed by atoms with E-state index in [1.54, 1.807) is 18.2 Å². The summed E-state index contributed by atoms with van der Waals surface area (Å²) in [7, 11) is 0. The summed E-state index contributed by atoms with van der Waals surface area (Å²) in [5.41, 5.74) is 1.99. The zero-order valence-electron chi connectivity index (χ0n) is 11.8. The molecule has 106 valence electrons. The Morgan fingerprint density at radius 2 is 1.75 bits per heavy atom. The molecule has 2 aromatic carbocycles. The van der Waals surface area contributed by atoms with Crippen LogP contribution in [0.15, 0.2) is 48.5 Å². The highest BCUT2D eigenvalue weighted by Crippen LogP contribution is 2.27. The summed E-state index contributed by atoms with van der Waals surface area (Å²) < 4.78 is 0. The Labute approximate surface area is 125 Å². The normalized spacial score (nSPS) is 12.6. The molecule has 1 unspecified atom stereocenters. The Bertz CT molecular complexity index is 534. The van der Waals surface area contributed by atoms with Crippen molar-refractivity contribution < 1.29 is 5.11 Å². The van der Waals surface area contributed by atoms with Crippen LogP contribution in [-0.4, -0.2) is 5.11 Å². The zero-order chi connectivity index (χ0) is 14.5. The van der Waals surface area contributed by atoms with Gasteiger partial charge in [-0.3, -0.25) is 0 Å². The molecule has 0 amide bonds. The minimum Gasteiger partial charge on any atom is -0.508 e. The summed E-state index contributed by atoms with van der Waals surface area (Å²) in [6, 6.07) is 15.8. The molecular formula is C17H20ClNO. The van der Waals surface area contributed by atoms with E-state index >= 15 is 0 Å². The second-order valence-corrected chi connectivity index (χ2v) is 5.66. The molecule has 0 aromatic heterocycles. The number of phenolic OH excluding ortho intramolecular Hbond substituents is 1. The van der Waals surface area contributed by atoms with Crippen molar-refractivity contribution in [1.82, 2.24) is 5.32 Å². The summed E-state index contributed by atoms with van der Waals surface area (Å²) in [5, 5.41) is 14.0. The van der Waals surface area contributed by atoms with Crippen LogP contribution in [0.3, 0.4) is 0 Å². The summed E-state index contributed by atoms with van der Waals surface area (Å²) >= 11 is 6.14. The topological polar surface area (TPSA) is 32.3 Å². The first-order chi connectivity index (χ1) is 9.59. The van der Waals surface area contributed by atoms with Gasteiger partial charge in [-0.1, -0.05) is 61.8 Å². The lowest BCUT2D eigenvalue weighted by atomic mass is 9.96. The molecule has 3 heteroatoms. The summed E-state index contributed by atoms with van der Waals surface area (Å²) in [6.45, 7) is 4.90. The maximum Gasteiger partial charge on any atom is 0.121 e. The van der Waals surface area contributed by atoms with E-state index in [0.29, 0.717) is 17.5 Å². The number of rotatable bonds is 5. The number of hydrogen-bond donors (Lipinski definition) is 2. The molecule has 0 radical (unpaired) electrons. The molecular weight excluding hydrogens is 270 g/mol. The average Bonchev–Trinajstić information content (AvgIpc) is 2.43. The van der Waals surface area contributed by atoms with Crippen molar-refractivity contribution in [3.8, 4) is 5.75 Å². The molecule has 2 rings (SSSR count). The van der Waals surface area contributed by atoms with Gasteiger partial charge in [0.2, 0.25) is 0 Å². The Balaban J connectivity index is 2.15. The van der Waals surface area contributed by atoms with Crippen LogP contribution in [0.4, 0.5) is 0 Å². The molecule has 20 heavy (non-hydrogen) atoms. The second-order valence-electron chi connectivity index (χ2n) is 5.25. The van der Waals surface area contributed by atoms with E-state index in [2.05, 4.69) is 31.3 Å². The number of benzene rings is 2. The summed E-state index contributed by atoms with van der Waals surface area (Å²) in [6.07, 6.45) is 0. The predicted octanol–water partition coefficient (Wildman–Crippen LogP) is 4.53. The van der Waals surface area contributed by atoms with Crippen LogP contribution in [0.5, 0.6) is 5.75 Å². The highest BCUT2D eigenvalue weighted by Gasteiger charge is 2.16. The minimum atomic E-state index is 0.229. The van der Waals surface area contributed by atoms with Gasteiger partial charge >= 0.3 is 0 Å². The maximum absolute atomic E-state index is 9.89. The van der Waals surface area contributed by atoms with E-state index in [4.69, 9.17) is 11.6 Å². The largest absolute Gasteiger partial charge is 0.508 e. The fourth-order valence-electron chi connectivity index (χ4n) is 2.33. The van der Waals surface area contributed by atoms with Gasteiger partial charge in [0, 0.05) is 23.2 Å². The molecule has 2 aromatic rings. The van der Waals surface area contributed by atoms with Crippen molar-refractivity contribution in [3.05, 3.63) is 64.7 Å². The highest BCUT2D eigenvalue weighted by atomic mass is 35.5. The quantitative estimate of drug-likeness (QED) is 0.847. The van der Waals surface area contributed by atoms with Gasteiger partial charge in [0.15, 0.2) is 0 Å². The highest BCUT2D eigenvalue weighted by molar-refractivity contribution is 6.31. The second kappa shape index (κ2) is 6.78.